The van der Waals surface area contributed by atoms with E-state index < -0.39 is 56.5 Å². The standard InChI is InChI=1S/C31H68S3Si7/c1-35(2,3)28(36(4,5)6)25-22-24(31(39(13,14)15,40(16,17)18)41(19,20)21)23-26(27(25)34-30(32)33)29(37(7,8)9)38(10,11)12/h22-23,28-29H,1-21H3,(H,32,33). The fraction of sp³-hybridized carbons (Fsp3) is 0.774. The van der Waals surface area contributed by atoms with Gasteiger partial charge in [-0.05, 0) is 31.3 Å². The number of thiocarbonyl (C=S) groups is 1. The van der Waals surface area contributed by atoms with E-state index >= 15 is 0 Å². The third-order valence-corrected chi connectivity index (χ3v) is 50.3. The first kappa shape index (κ1) is 40.6. The Hall–Kier alpha value is 1.53. The number of thiol groups is 1. The van der Waals surface area contributed by atoms with Gasteiger partial charge in [0.1, 0.15) is 3.53 Å². The van der Waals surface area contributed by atoms with Gasteiger partial charge < -0.3 is 0 Å². The van der Waals surface area contributed by atoms with E-state index in [0.29, 0.717) is 14.6 Å². The van der Waals surface area contributed by atoms with Crippen LogP contribution < -0.4 is 0 Å². The number of hydrogen-bond acceptors (Lipinski definition) is 2. The van der Waals surface area contributed by atoms with Gasteiger partial charge in [0.25, 0.3) is 0 Å². The van der Waals surface area contributed by atoms with Crippen LogP contribution in [0.2, 0.25) is 137 Å². The number of hydrogen-bond donors (Lipinski definition) is 1. The normalized spacial score (nSPS) is 15.2. The van der Waals surface area contributed by atoms with Gasteiger partial charge in [0.05, 0.1) is 0 Å². The van der Waals surface area contributed by atoms with Crippen molar-refractivity contribution in [2.24, 2.45) is 0 Å². The second kappa shape index (κ2) is 12.6. The van der Waals surface area contributed by atoms with Crippen LogP contribution in [0, 0.1) is 0 Å². The molecule has 0 saturated heterocycles. The minimum Gasteiger partial charge on any atom is -0.125 e. The molecule has 0 bridgehead atoms. The van der Waals surface area contributed by atoms with Crippen LogP contribution in [0.25, 0.3) is 0 Å². The maximum atomic E-state index is 5.82. The van der Waals surface area contributed by atoms with Crippen LogP contribution in [-0.4, -0.2) is 60.0 Å². The van der Waals surface area contributed by atoms with Crippen LogP contribution >= 0.6 is 36.6 Å². The molecule has 0 unspecified atom stereocenters. The van der Waals surface area contributed by atoms with Gasteiger partial charge in [-0.15, -0.1) is 12.6 Å². The second-order valence-corrected chi connectivity index (χ2v) is 62.6. The molecule has 0 heterocycles. The first-order valence-corrected chi connectivity index (χ1v) is 42.2. The van der Waals surface area contributed by atoms with Crippen molar-refractivity contribution in [3.8, 4) is 0 Å². The Kier molecular flexibility index (Phi) is 12.5. The minimum atomic E-state index is -1.68. The van der Waals surface area contributed by atoms with E-state index in [2.05, 4.69) is 150 Å². The molecule has 0 N–H and O–H groups in total. The van der Waals surface area contributed by atoms with E-state index in [-0.39, 0.29) is 0 Å². The first-order chi connectivity index (χ1) is 17.6. The summed E-state index contributed by atoms with van der Waals surface area (Å²) in [6, 6.07) is 5.67. The van der Waals surface area contributed by atoms with E-state index in [1.807, 2.05) is 11.8 Å². The molecule has 0 aliphatic heterocycles. The Labute approximate surface area is 280 Å². The fourth-order valence-corrected chi connectivity index (χ4v) is 67.8. The van der Waals surface area contributed by atoms with Gasteiger partial charge in [-0.2, -0.15) is 0 Å². The monoisotopic (exact) mass is 732 g/mol. The van der Waals surface area contributed by atoms with Crippen molar-refractivity contribution < 1.29 is 0 Å². The Morgan fingerprint density at radius 2 is 0.805 bits per heavy atom. The highest BCUT2D eigenvalue weighted by Crippen LogP contribution is 2.54. The van der Waals surface area contributed by atoms with Gasteiger partial charge in [-0.25, -0.2) is 0 Å². The van der Waals surface area contributed by atoms with Crippen LogP contribution in [0.15, 0.2) is 17.0 Å². The molecule has 0 aromatic heterocycles. The van der Waals surface area contributed by atoms with Crippen molar-refractivity contribution in [2.45, 2.75) is 157 Å². The molecule has 41 heavy (non-hydrogen) atoms. The third kappa shape index (κ3) is 8.67. The van der Waals surface area contributed by atoms with Gasteiger partial charge in [-0.1, -0.05) is 174 Å². The topological polar surface area (TPSA) is 0 Å². The second-order valence-electron chi connectivity index (χ2n) is 20.2. The van der Waals surface area contributed by atoms with Crippen molar-refractivity contribution in [1.29, 1.82) is 0 Å². The maximum absolute atomic E-state index is 5.82. The van der Waals surface area contributed by atoms with Gasteiger partial charge >= 0.3 is 0 Å². The van der Waals surface area contributed by atoms with E-state index in [1.165, 1.54) is 4.90 Å². The highest BCUT2D eigenvalue weighted by Gasteiger charge is 2.61. The molecule has 0 saturated carbocycles. The molecule has 0 aliphatic rings. The van der Waals surface area contributed by atoms with Gasteiger partial charge in [-0.3, -0.25) is 0 Å². The summed E-state index contributed by atoms with van der Waals surface area (Å²) in [5, 5.41) is 1.34. The Morgan fingerprint density at radius 3 is 0.976 bits per heavy atom. The quantitative estimate of drug-likeness (QED) is 0.104. The molecule has 0 aliphatic carbocycles. The zero-order valence-electron chi connectivity index (χ0n) is 31.1. The van der Waals surface area contributed by atoms with E-state index in [0.717, 1.165) is 3.53 Å². The van der Waals surface area contributed by atoms with Crippen molar-refractivity contribution in [3.05, 3.63) is 28.8 Å². The zero-order chi connectivity index (χ0) is 33.2. The molecule has 0 atom stereocenters. The van der Waals surface area contributed by atoms with Crippen LogP contribution in [0.1, 0.15) is 27.0 Å². The lowest BCUT2D eigenvalue weighted by atomic mass is 10.1. The Balaban J connectivity index is 4.91. The summed E-state index contributed by atoms with van der Waals surface area (Å²) in [6.07, 6.45) is 0. The van der Waals surface area contributed by atoms with E-state index in [1.54, 1.807) is 16.7 Å². The molecule has 1 rings (SSSR count). The number of rotatable bonds is 11. The first-order valence-electron chi connectivity index (χ1n) is 15.7. The van der Waals surface area contributed by atoms with Crippen molar-refractivity contribution >= 4 is 96.7 Å². The maximum Gasteiger partial charge on any atom is 0.105 e. The molecule has 0 radical (unpaired) electrons. The average Bonchev–Trinajstić information content (AvgIpc) is 2.55. The minimum absolute atomic E-state index is 0.355. The van der Waals surface area contributed by atoms with Crippen LogP contribution in [0.5, 0.6) is 0 Å². The number of benzene rings is 1. The smallest absolute Gasteiger partial charge is 0.105 e. The van der Waals surface area contributed by atoms with Gasteiger partial charge in [0, 0.05) is 61.4 Å². The molecule has 1 aromatic carbocycles. The molecule has 0 nitrogen and oxygen atoms in total. The van der Waals surface area contributed by atoms with Gasteiger partial charge in [0.2, 0.25) is 0 Å². The molecule has 0 fully saturated rings. The summed E-state index contributed by atoms with van der Waals surface area (Å²) >= 11 is 12.5. The zero-order valence-corrected chi connectivity index (χ0v) is 40.6. The Bertz CT molecular complexity index is 981. The highest BCUT2D eigenvalue weighted by molar-refractivity contribution is 8.41. The largest absolute Gasteiger partial charge is 0.125 e. The predicted molar refractivity (Wildman–Crippen MR) is 224 cm³/mol. The Morgan fingerprint density at radius 1 is 0.561 bits per heavy atom. The summed E-state index contributed by atoms with van der Waals surface area (Å²) in [5.41, 5.74) is 5.10. The van der Waals surface area contributed by atoms with Crippen LogP contribution in [0.4, 0.5) is 0 Å². The molecular formula is C31H68S3Si7. The van der Waals surface area contributed by atoms with E-state index in [4.69, 9.17) is 24.8 Å². The summed E-state index contributed by atoms with van der Waals surface area (Å²) in [7, 11) is -11.3. The van der Waals surface area contributed by atoms with Crippen molar-refractivity contribution in [2.75, 3.05) is 0 Å². The average molecular weight is 734 g/mol. The summed E-state index contributed by atoms with van der Waals surface area (Å²) in [4.78, 5) is 1.52. The molecule has 10 heteroatoms. The molecule has 0 amide bonds. The van der Waals surface area contributed by atoms with Crippen LogP contribution in [0.3, 0.4) is 0 Å². The molecule has 238 valence electrons. The lowest BCUT2D eigenvalue weighted by Gasteiger charge is -2.60. The van der Waals surface area contributed by atoms with Crippen LogP contribution in [-0.2, 0) is 4.28 Å². The molecule has 1 aromatic rings. The molecule has 0 spiro atoms. The van der Waals surface area contributed by atoms with Crippen molar-refractivity contribution in [3.63, 3.8) is 0 Å². The van der Waals surface area contributed by atoms with Gasteiger partial charge in [0.15, 0.2) is 0 Å². The lowest BCUT2D eigenvalue weighted by Crippen LogP contribution is -2.74. The third-order valence-electron chi connectivity index (χ3n) is 9.23. The molecular weight excluding hydrogens is 665 g/mol. The fourth-order valence-electron chi connectivity index (χ4n) is 10.7. The summed E-state index contributed by atoms with van der Waals surface area (Å²) < 4.78 is 1.13. The number of thioether (sulfide) groups is 1. The lowest BCUT2D eigenvalue weighted by molar-refractivity contribution is 0.965. The van der Waals surface area contributed by atoms with E-state index in [9.17, 15) is 0 Å². The predicted octanol–water partition coefficient (Wildman–Crippen LogP) is 12.5. The summed E-state index contributed by atoms with van der Waals surface area (Å²) in [6.45, 7) is 55.9. The van der Waals surface area contributed by atoms with Crippen molar-refractivity contribution in [1.82, 2.24) is 0 Å². The SMILES string of the molecule is C[Si](C)(C)C(c1cc(C([Si](C)(C)C)([Si](C)(C)C)[Si](C)(C)C)cc(C([Si](C)(C)C)[Si](C)(C)C)c1SC(=S)S)[Si](C)(C)C. The highest BCUT2D eigenvalue weighted by atomic mass is 32.2. The summed E-state index contributed by atoms with van der Waals surface area (Å²) in [5.74, 6) is 0.